The van der Waals surface area contributed by atoms with Gasteiger partial charge in [-0.05, 0) is 35.3 Å². The summed E-state index contributed by atoms with van der Waals surface area (Å²) in [6.45, 7) is 0. The zero-order valence-electron chi connectivity index (χ0n) is 8.33. The molecule has 9 heteroatoms. The van der Waals surface area contributed by atoms with E-state index in [0.29, 0.717) is 35.3 Å². The lowest BCUT2D eigenvalue weighted by Crippen LogP contribution is -2.20. The second-order valence-corrected chi connectivity index (χ2v) is 4.96. The Balaban J connectivity index is 3.38. The first-order chi connectivity index (χ1) is 8.58. The Labute approximate surface area is 114 Å². The van der Waals surface area contributed by atoms with Crippen LogP contribution >= 0.6 is 35.3 Å². The number of aliphatic hydroxyl groups is 1. The molecule has 0 saturated heterocycles. The zero-order valence-corrected chi connectivity index (χ0v) is 10.8. The van der Waals surface area contributed by atoms with Crippen LogP contribution in [0, 0.1) is 32.0 Å². The van der Waals surface area contributed by atoms with E-state index in [2.05, 4.69) is 0 Å². The van der Waals surface area contributed by atoms with Crippen LogP contribution in [0.15, 0.2) is 20.5 Å². The van der Waals surface area contributed by atoms with Crippen molar-refractivity contribution in [3.8, 4) is 16.2 Å². The minimum atomic E-state index is -0.934. The van der Waals surface area contributed by atoms with Crippen molar-refractivity contribution >= 4 is 46.9 Å². The van der Waals surface area contributed by atoms with Gasteiger partial charge in [0.05, 0.1) is 9.81 Å². The summed E-state index contributed by atoms with van der Waals surface area (Å²) >= 11 is 1.15. The molecule has 0 aliphatic heterocycles. The second kappa shape index (κ2) is 6.18. The van der Waals surface area contributed by atoms with Crippen molar-refractivity contribution in [2.24, 2.45) is 0 Å². The molecule has 0 aromatic heterocycles. The van der Waals surface area contributed by atoms with E-state index in [0.717, 1.165) is 0 Å². The zero-order chi connectivity index (χ0) is 13.7. The Hall–Kier alpha value is -1.86. The number of nitrogens with zero attached hydrogens (tertiary/aromatic N) is 3. The number of carbonyl (C=O) groups is 2. The molecule has 0 bridgehead atoms. The van der Waals surface area contributed by atoms with Gasteiger partial charge in [-0.15, -0.1) is 0 Å². The van der Waals surface area contributed by atoms with Gasteiger partial charge in [-0.25, -0.2) is 0 Å². The highest BCUT2D eigenvalue weighted by atomic mass is 32.2. The highest BCUT2D eigenvalue weighted by molar-refractivity contribution is 8.12. The van der Waals surface area contributed by atoms with Crippen LogP contribution in [0.2, 0.25) is 0 Å². The van der Waals surface area contributed by atoms with E-state index in [4.69, 9.17) is 15.8 Å². The summed E-state index contributed by atoms with van der Waals surface area (Å²) in [5, 5.41) is 39.9. The van der Waals surface area contributed by atoms with Gasteiger partial charge >= 0.3 is 0 Å². The van der Waals surface area contributed by atoms with Crippen molar-refractivity contribution in [3.05, 3.63) is 20.5 Å². The molecular formula is C9HN3O3S3. The highest BCUT2D eigenvalue weighted by Gasteiger charge is 2.36. The van der Waals surface area contributed by atoms with Crippen molar-refractivity contribution in [2.45, 2.75) is 0 Å². The normalized spacial score (nSPS) is 15.2. The van der Waals surface area contributed by atoms with Crippen molar-refractivity contribution in [3.63, 3.8) is 0 Å². The van der Waals surface area contributed by atoms with E-state index in [9.17, 15) is 14.7 Å². The molecule has 1 aliphatic carbocycles. The van der Waals surface area contributed by atoms with Crippen molar-refractivity contribution in [1.29, 1.82) is 15.8 Å². The largest absolute Gasteiger partial charge is 0.503 e. The third kappa shape index (κ3) is 2.52. The number of ketones is 2. The molecule has 0 spiro atoms. The summed E-state index contributed by atoms with van der Waals surface area (Å²) in [6, 6.07) is 0. The molecule has 0 atom stereocenters. The average Bonchev–Trinajstić information content (AvgIpc) is 2.36. The summed E-state index contributed by atoms with van der Waals surface area (Å²) in [4.78, 5) is 22.6. The van der Waals surface area contributed by atoms with E-state index in [1.54, 1.807) is 16.2 Å². The minimum Gasteiger partial charge on any atom is -0.503 e. The number of hydrogen-bond acceptors (Lipinski definition) is 9. The smallest absolute Gasteiger partial charge is 0.237 e. The quantitative estimate of drug-likeness (QED) is 0.612. The first-order valence-electron chi connectivity index (χ1n) is 4.03. The summed E-state index contributed by atoms with van der Waals surface area (Å²) < 4.78 is 0. The van der Waals surface area contributed by atoms with E-state index < -0.39 is 22.2 Å². The number of rotatable bonds is 3. The summed E-state index contributed by atoms with van der Waals surface area (Å²) in [6.07, 6.45) is 0. The van der Waals surface area contributed by atoms with Crippen LogP contribution in [-0.2, 0) is 9.59 Å². The number of nitriles is 3. The van der Waals surface area contributed by atoms with E-state index in [1.807, 2.05) is 0 Å². The summed E-state index contributed by atoms with van der Waals surface area (Å²) in [5.41, 5.74) is 0. The first-order valence-corrected chi connectivity index (χ1v) is 6.48. The molecule has 1 rings (SSSR count). The Morgan fingerprint density at radius 2 is 1.17 bits per heavy atom. The van der Waals surface area contributed by atoms with Gasteiger partial charge in [0, 0.05) is 0 Å². The lowest BCUT2D eigenvalue weighted by molar-refractivity contribution is -0.117. The van der Waals surface area contributed by atoms with Crippen molar-refractivity contribution in [2.75, 3.05) is 0 Å². The third-order valence-electron chi connectivity index (χ3n) is 1.70. The SMILES string of the molecule is N#CSC1=C(O)C(=O)C(SC#N)=C(SC#N)C1=O. The maximum Gasteiger partial charge on any atom is 0.237 e. The van der Waals surface area contributed by atoms with Crippen LogP contribution in [0.25, 0.3) is 0 Å². The van der Waals surface area contributed by atoms with Gasteiger partial charge in [0.25, 0.3) is 0 Å². The fourth-order valence-corrected chi connectivity index (χ4v) is 2.77. The predicted octanol–water partition coefficient (Wildman–Crippen LogP) is 1.76. The van der Waals surface area contributed by atoms with Crippen LogP contribution < -0.4 is 0 Å². The molecular weight excluding hydrogens is 294 g/mol. The summed E-state index contributed by atoms with van der Waals surface area (Å²) in [7, 11) is 0. The van der Waals surface area contributed by atoms with Gasteiger partial charge in [0.2, 0.25) is 11.6 Å². The van der Waals surface area contributed by atoms with Crippen molar-refractivity contribution < 1.29 is 14.7 Å². The monoisotopic (exact) mass is 295 g/mol. The number of aliphatic hydroxyl groups excluding tert-OH is 1. The van der Waals surface area contributed by atoms with Crippen molar-refractivity contribution in [1.82, 2.24) is 0 Å². The molecule has 0 amide bonds. The maximum absolute atomic E-state index is 11.9. The molecule has 0 unspecified atom stereocenters. The third-order valence-corrected chi connectivity index (χ3v) is 3.87. The predicted molar refractivity (Wildman–Crippen MR) is 66.3 cm³/mol. The molecule has 0 aromatic rings. The lowest BCUT2D eigenvalue weighted by Gasteiger charge is -2.14. The number of thiocyanates is 3. The van der Waals surface area contributed by atoms with Crippen LogP contribution in [0.3, 0.4) is 0 Å². The Kier molecular flexibility index (Phi) is 4.87. The molecule has 1 aliphatic rings. The first kappa shape index (κ1) is 14.2. The Morgan fingerprint density at radius 1 is 0.778 bits per heavy atom. The average molecular weight is 295 g/mol. The molecule has 0 fully saturated rings. The molecule has 18 heavy (non-hydrogen) atoms. The van der Waals surface area contributed by atoms with Crippen LogP contribution in [-0.4, -0.2) is 16.7 Å². The van der Waals surface area contributed by atoms with E-state index >= 15 is 0 Å². The summed E-state index contributed by atoms with van der Waals surface area (Å²) in [5.74, 6) is -2.61. The minimum absolute atomic E-state index is 0.246. The van der Waals surface area contributed by atoms with Crippen LogP contribution in [0.5, 0.6) is 0 Å². The Morgan fingerprint density at radius 3 is 1.61 bits per heavy atom. The van der Waals surface area contributed by atoms with Gasteiger partial charge in [0.15, 0.2) is 5.76 Å². The molecule has 1 N–H and O–H groups in total. The molecule has 0 heterocycles. The maximum atomic E-state index is 11.9. The number of Topliss-reactive ketones (excluding diaryl/α,β-unsaturated/α-hetero) is 2. The molecule has 0 radical (unpaired) electrons. The molecule has 6 nitrogen and oxygen atoms in total. The second-order valence-electron chi connectivity index (χ2n) is 2.57. The van der Waals surface area contributed by atoms with Gasteiger partial charge in [-0.2, -0.15) is 15.8 Å². The van der Waals surface area contributed by atoms with Gasteiger partial charge in [-0.1, -0.05) is 0 Å². The lowest BCUT2D eigenvalue weighted by atomic mass is 10.1. The van der Waals surface area contributed by atoms with Gasteiger partial charge in [-0.3, -0.25) is 9.59 Å². The van der Waals surface area contributed by atoms with Crippen LogP contribution in [0.4, 0.5) is 0 Å². The molecule has 0 saturated carbocycles. The topological polar surface area (TPSA) is 126 Å². The van der Waals surface area contributed by atoms with E-state index in [1.165, 1.54) is 0 Å². The standard InChI is InChI=1S/C9HN3O3S3/c10-1-16-7-4(13)5(14)8(17-2-11)9(6(7)15)18-3-12/h13H. The molecule has 0 aromatic carbocycles. The number of allylic oxidation sites excluding steroid dienone is 3. The Bertz CT molecular complexity index is 616. The number of hydrogen-bond donors (Lipinski definition) is 1. The van der Waals surface area contributed by atoms with Crippen LogP contribution in [0.1, 0.15) is 0 Å². The number of carbonyl (C=O) groups excluding carboxylic acids is 2. The highest BCUT2D eigenvalue weighted by Crippen LogP contribution is 2.39. The van der Waals surface area contributed by atoms with Gasteiger partial charge in [0.1, 0.15) is 21.1 Å². The fraction of sp³-hybridized carbons (Fsp3) is 0. The van der Waals surface area contributed by atoms with E-state index in [-0.39, 0.29) is 9.81 Å². The van der Waals surface area contributed by atoms with Gasteiger partial charge < -0.3 is 5.11 Å². The molecule has 88 valence electrons. The fourth-order valence-electron chi connectivity index (χ4n) is 1.04. The number of thioether (sulfide) groups is 3.